The molecule has 55 heavy (non-hydrogen) atoms. The molecule has 4 aromatic rings. The number of para-hydroxylation sites is 4. The molecule has 0 N–H and O–H groups in total. The molecule has 2 aliphatic heterocycles. The Hall–Kier alpha value is -5.38. The van der Waals surface area contributed by atoms with E-state index in [0.717, 1.165) is 63.1 Å². The Labute approximate surface area is 328 Å². The van der Waals surface area contributed by atoms with Crippen LogP contribution in [0.5, 0.6) is 11.5 Å². The Morgan fingerprint density at radius 3 is 2.22 bits per heavy atom. The molecule has 7 rings (SSSR count). The van der Waals surface area contributed by atoms with E-state index in [9.17, 15) is 4.79 Å². The number of benzene rings is 4. The van der Waals surface area contributed by atoms with Gasteiger partial charge in [0.25, 0.3) is 0 Å². The smallest absolute Gasteiger partial charge is 0.311 e. The standard InChI is InChI=1S/C50H55N2O3/c1-6-51-43-29-17-15-27-41(43)49(2,3)45(51)34-32-37-21-20-22-38(48(37)55-40-25-12-8-13-26-40)33-35-46-50(4,5)42-28-16-18-30-44(42)52(46)36-19-9-14-31-47(53)54-39-23-10-7-11-24-39/h7-8,10-13,15-18,23-30,32-34,38H,6,9,14,19-22,31,36H2,1-5H3/q+1/b34-32+. The molecular weight excluding hydrogens is 677 g/mol. The number of carbonyl (C=O) groups is 1. The first-order valence-electron chi connectivity index (χ1n) is 20.2. The highest BCUT2D eigenvalue weighted by Crippen LogP contribution is 2.48. The van der Waals surface area contributed by atoms with E-state index in [2.05, 4.69) is 117 Å². The van der Waals surface area contributed by atoms with Gasteiger partial charge in [0.05, 0.1) is 11.1 Å². The van der Waals surface area contributed by atoms with Crippen LogP contribution in [0.4, 0.5) is 11.4 Å². The maximum Gasteiger partial charge on any atom is 0.311 e. The van der Waals surface area contributed by atoms with Crippen molar-refractivity contribution in [3.05, 3.63) is 161 Å². The molecule has 282 valence electrons. The van der Waals surface area contributed by atoms with Crippen molar-refractivity contribution in [2.24, 2.45) is 5.92 Å². The Morgan fingerprint density at radius 1 is 0.800 bits per heavy atom. The zero-order valence-corrected chi connectivity index (χ0v) is 33.2. The number of ether oxygens (including phenoxy) is 2. The first-order valence-corrected chi connectivity index (χ1v) is 20.2. The number of esters is 1. The maximum absolute atomic E-state index is 12.5. The van der Waals surface area contributed by atoms with Gasteiger partial charge in [-0.05, 0) is 120 Å². The van der Waals surface area contributed by atoms with Crippen LogP contribution in [-0.4, -0.2) is 29.3 Å². The lowest BCUT2D eigenvalue weighted by Crippen LogP contribution is -2.27. The molecule has 3 aliphatic rings. The van der Waals surface area contributed by atoms with Crippen molar-refractivity contribution < 1.29 is 18.8 Å². The molecule has 0 amide bonds. The Balaban J connectivity index is 1.16. The molecule has 5 nitrogen and oxygen atoms in total. The lowest BCUT2D eigenvalue weighted by Gasteiger charge is -2.27. The number of hydrogen-bond donors (Lipinski definition) is 0. The van der Waals surface area contributed by atoms with Gasteiger partial charge in [0.15, 0.2) is 5.71 Å². The van der Waals surface area contributed by atoms with Crippen LogP contribution in [0.15, 0.2) is 150 Å². The highest BCUT2D eigenvalue weighted by molar-refractivity contribution is 6.03. The molecule has 0 spiro atoms. The van der Waals surface area contributed by atoms with Crippen LogP contribution >= 0.6 is 0 Å². The Morgan fingerprint density at radius 2 is 1.47 bits per heavy atom. The first kappa shape index (κ1) is 37.9. The second-order valence-electron chi connectivity index (χ2n) is 16.0. The second kappa shape index (κ2) is 16.6. The highest BCUT2D eigenvalue weighted by atomic mass is 16.5. The third kappa shape index (κ3) is 8.04. The fourth-order valence-corrected chi connectivity index (χ4v) is 8.63. The number of rotatable bonds is 13. The summed E-state index contributed by atoms with van der Waals surface area (Å²) >= 11 is 0. The van der Waals surface area contributed by atoms with E-state index in [0.29, 0.717) is 12.2 Å². The number of unbranched alkanes of at least 4 members (excludes halogenated alkanes) is 2. The summed E-state index contributed by atoms with van der Waals surface area (Å²) < 4.78 is 14.8. The number of carbonyl (C=O) groups excluding carboxylic acids is 1. The minimum atomic E-state index is -0.211. The van der Waals surface area contributed by atoms with Crippen molar-refractivity contribution in [2.75, 3.05) is 18.0 Å². The van der Waals surface area contributed by atoms with Crippen LogP contribution < -0.4 is 14.4 Å². The average molecular weight is 732 g/mol. The largest absolute Gasteiger partial charge is 0.461 e. The van der Waals surface area contributed by atoms with E-state index in [4.69, 9.17) is 9.47 Å². The molecule has 2 heterocycles. The molecule has 0 aromatic heterocycles. The van der Waals surface area contributed by atoms with E-state index in [1.165, 1.54) is 39.5 Å². The van der Waals surface area contributed by atoms with Crippen LogP contribution in [-0.2, 0) is 15.6 Å². The van der Waals surface area contributed by atoms with Crippen molar-refractivity contribution in [1.29, 1.82) is 0 Å². The average Bonchev–Trinajstić information content (AvgIpc) is 3.55. The van der Waals surface area contributed by atoms with E-state index < -0.39 is 0 Å². The van der Waals surface area contributed by atoms with Gasteiger partial charge in [-0.3, -0.25) is 4.79 Å². The van der Waals surface area contributed by atoms with Gasteiger partial charge >= 0.3 is 5.97 Å². The molecule has 0 saturated carbocycles. The molecule has 4 aromatic carbocycles. The van der Waals surface area contributed by atoms with Gasteiger partial charge in [0.2, 0.25) is 5.69 Å². The summed E-state index contributed by atoms with van der Waals surface area (Å²) in [7, 11) is 0. The van der Waals surface area contributed by atoms with Gasteiger partial charge in [-0.15, -0.1) is 5.73 Å². The van der Waals surface area contributed by atoms with Crippen LogP contribution in [0, 0.1) is 5.92 Å². The second-order valence-corrected chi connectivity index (χ2v) is 16.0. The topological polar surface area (TPSA) is 41.8 Å². The van der Waals surface area contributed by atoms with Gasteiger partial charge in [0.1, 0.15) is 23.8 Å². The summed E-state index contributed by atoms with van der Waals surface area (Å²) in [6.45, 7) is 13.3. The van der Waals surface area contributed by atoms with Gasteiger partial charge in [-0.2, -0.15) is 4.58 Å². The summed E-state index contributed by atoms with van der Waals surface area (Å²) in [6.07, 6.45) is 13.1. The van der Waals surface area contributed by atoms with Gasteiger partial charge in [0, 0.05) is 47.7 Å². The van der Waals surface area contributed by atoms with E-state index in [-0.39, 0.29) is 22.7 Å². The SMILES string of the molecule is CC[N+]1=C(/C=C/C2=C(Oc3ccccc3)C(C=C=C3N(CCCCCC(=O)Oc4ccccc4)c4ccccc4C3(C)C)CCC2)C(C)(C)c2ccccc21. The predicted octanol–water partition coefficient (Wildman–Crippen LogP) is 11.8. The van der Waals surface area contributed by atoms with Crippen LogP contribution in [0.1, 0.15) is 90.7 Å². The Kier molecular flexibility index (Phi) is 11.4. The molecule has 0 radical (unpaired) electrons. The molecule has 0 fully saturated rings. The van der Waals surface area contributed by atoms with E-state index >= 15 is 0 Å². The fraction of sp³-hybridized carbons (Fsp3) is 0.340. The lowest BCUT2D eigenvalue weighted by atomic mass is 9.81. The third-order valence-electron chi connectivity index (χ3n) is 11.5. The molecule has 1 atom stereocenters. The van der Waals surface area contributed by atoms with Gasteiger partial charge < -0.3 is 14.4 Å². The number of nitrogens with zero attached hydrogens (tertiary/aromatic N) is 2. The fourth-order valence-electron chi connectivity index (χ4n) is 8.63. The highest BCUT2D eigenvalue weighted by Gasteiger charge is 2.44. The third-order valence-corrected chi connectivity index (χ3v) is 11.5. The summed E-state index contributed by atoms with van der Waals surface area (Å²) in [5, 5.41) is 0. The van der Waals surface area contributed by atoms with Crippen molar-refractivity contribution in [2.45, 2.75) is 90.4 Å². The zero-order valence-electron chi connectivity index (χ0n) is 33.2. The molecule has 0 saturated heterocycles. The molecule has 1 unspecified atom stereocenters. The molecule has 0 bridgehead atoms. The molecular formula is C50H55N2O3+. The lowest BCUT2D eigenvalue weighted by molar-refractivity contribution is -0.433. The van der Waals surface area contributed by atoms with E-state index in [1.54, 1.807) is 0 Å². The quantitative estimate of drug-likeness (QED) is 0.0451. The number of allylic oxidation sites excluding steroid dienone is 4. The van der Waals surface area contributed by atoms with Gasteiger partial charge in [-0.25, -0.2) is 0 Å². The van der Waals surface area contributed by atoms with Crippen molar-refractivity contribution in [3.63, 3.8) is 0 Å². The zero-order chi connectivity index (χ0) is 38.4. The summed E-state index contributed by atoms with van der Waals surface area (Å²) in [4.78, 5) is 14.9. The van der Waals surface area contributed by atoms with Crippen LogP contribution in [0.25, 0.3) is 0 Å². The molecule has 5 heteroatoms. The summed E-state index contributed by atoms with van der Waals surface area (Å²) in [5.74, 6) is 2.38. The summed E-state index contributed by atoms with van der Waals surface area (Å²) in [5.41, 5.74) is 12.6. The van der Waals surface area contributed by atoms with E-state index in [1.807, 2.05) is 60.7 Å². The maximum atomic E-state index is 12.5. The first-order chi connectivity index (χ1) is 26.7. The van der Waals surface area contributed by atoms with Crippen molar-refractivity contribution in [3.8, 4) is 11.5 Å². The number of anilines is 1. The van der Waals surface area contributed by atoms with Crippen LogP contribution in [0.3, 0.4) is 0 Å². The summed E-state index contributed by atoms with van der Waals surface area (Å²) in [6, 6.07) is 37.1. The van der Waals surface area contributed by atoms with Crippen molar-refractivity contribution in [1.82, 2.24) is 0 Å². The van der Waals surface area contributed by atoms with Crippen molar-refractivity contribution >= 4 is 23.1 Å². The predicted molar refractivity (Wildman–Crippen MR) is 224 cm³/mol. The Bertz CT molecular complexity index is 2170. The normalized spacial score (nSPS) is 18.3. The minimum Gasteiger partial charge on any atom is -0.461 e. The monoisotopic (exact) mass is 731 g/mol. The minimum absolute atomic E-state index is 0.0826. The van der Waals surface area contributed by atoms with Crippen LogP contribution in [0.2, 0.25) is 0 Å². The number of fused-ring (bicyclic) bond motifs is 2. The molecule has 1 aliphatic carbocycles. The van der Waals surface area contributed by atoms with Gasteiger partial charge in [-0.1, -0.05) is 79.2 Å². The number of hydrogen-bond acceptors (Lipinski definition) is 4.